The quantitative estimate of drug-likeness (QED) is 0.827. The van der Waals surface area contributed by atoms with Crippen LogP contribution in [0.3, 0.4) is 0 Å². The van der Waals surface area contributed by atoms with Crippen molar-refractivity contribution in [2.75, 3.05) is 0 Å². The molecule has 0 bridgehead atoms. The monoisotopic (exact) mass is 216 g/mol. The smallest absolute Gasteiger partial charge is 0.371 e. The molecule has 1 heterocycles. The molecule has 0 aliphatic carbocycles. The summed E-state index contributed by atoms with van der Waals surface area (Å²) in [5.41, 5.74) is 2.51. The highest BCUT2D eigenvalue weighted by atomic mass is 16.4. The predicted molar refractivity (Wildman–Crippen MR) is 60.4 cm³/mol. The van der Waals surface area contributed by atoms with E-state index in [1.807, 2.05) is 37.3 Å². The fourth-order valence-corrected chi connectivity index (χ4v) is 1.60. The maximum Gasteiger partial charge on any atom is 0.371 e. The van der Waals surface area contributed by atoms with Gasteiger partial charge < -0.3 is 10.1 Å². The molecule has 0 aliphatic heterocycles. The molecular weight excluding hydrogens is 204 g/mol. The topological polar surface area (TPSA) is 66.0 Å². The van der Waals surface area contributed by atoms with Gasteiger partial charge in [-0.05, 0) is 6.42 Å². The van der Waals surface area contributed by atoms with Gasteiger partial charge in [0.05, 0.1) is 5.69 Å². The van der Waals surface area contributed by atoms with E-state index < -0.39 is 5.97 Å². The molecule has 0 atom stereocenters. The first-order valence-corrected chi connectivity index (χ1v) is 5.10. The van der Waals surface area contributed by atoms with Crippen LogP contribution in [0.1, 0.15) is 23.2 Å². The average Bonchev–Trinajstić information content (AvgIpc) is 2.74. The number of aryl methyl sites for hydroxylation is 1. The van der Waals surface area contributed by atoms with Crippen LogP contribution in [0, 0.1) is 0 Å². The number of aromatic amines is 1. The lowest BCUT2D eigenvalue weighted by atomic mass is 10.1. The third-order valence-electron chi connectivity index (χ3n) is 2.38. The number of carbonyl (C=O) groups is 1. The van der Waals surface area contributed by atoms with Crippen LogP contribution in [0.5, 0.6) is 0 Å². The van der Waals surface area contributed by atoms with E-state index in [-0.39, 0.29) is 5.82 Å². The van der Waals surface area contributed by atoms with Crippen molar-refractivity contribution >= 4 is 5.97 Å². The molecule has 4 nitrogen and oxygen atoms in total. The van der Waals surface area contributed by atoms with E-state index in [2.05, 4.69) is 9.97 Å². The lowest BCUT2D eigenvalue weighted by Crippen LogP contribution is -1.98. The molecule has 0 fully saturated rings. The Labute approximate surface area is 93.0 Å². The molecule has 1 aromatic carbocycles. The van der Waals surface area contributed by atoms with Gasteiger partial charge in [-0.1, -0.05) is 37.3 Å². The molecule has 82 valence electrons. The number of carboxylic acids is 1. The Morgan fingerprint density at radius 1 is 1.38 bits per heavy atom. The predicted octanol–water partition coefficient (Wildman–Crippen LogP) is 2.34. The normalized spacial score (nSPS) is 10.3. The van der Waals surface area contributed by atoms with Crippen molar-refractivity contribution in [3.63, 3.8) is 0 Å². The first-order valence-electron chi connectivity index (χ1n) is 5.10. The van der Waals surface area contributed by atoms with Crippen LogP contribution in [0.15, 0.2) is 30.3 Å². The molecular formula is C12H12N2O2. The number of hydrogen-bond acceptors (Lipinski definition) is 2. The van der Waals surface area contributed by atoms with Crippen molar-refractivity contribution in [3.8, 4) is 11.3 Å². The zero-order chi connectivity index (χ0) is 11.5. The highest BCUT2D eigenvalue weighted by Gasteiger charge is 2.14. The van der Waals surface area contributed by atoms with Crippen LogP contribution < -0.4 is 0 Å². The summed E-state index contributed by atoms with van der Waals surface area (Å²) in [5.74, 6) is -1.03. The summed E-state index contributed by atoms with van der Waals surface area (Å²) in [4.78, 5) is 17.7. The number of aromatic carboxylic acids is 1. The van der Waals surface area contributed by atoms with Crippen LogP contribution in [0.2, 0.25) is 0 Å². The summed E-state index contributed by atoms with van der Waals surface area (Å²) in [7, 11) is 0. The fourth-order valence-electron chi connectivity index (χ4n) is 1.60. The second kappa shape index (κ2) is 4.18. The first kappa shape index (κ1) is 10.4. The maximum atomic E-state index is 10.8. The van der Waals surface area contributed by atoms with Gasteiger partial charge in [0, 0.05) is 11.3 Å². The summed E-state index contributed by atoms with van der Waals surface area (Å²) in [6.07, 6.45) is 0.727. The highest BCUT2D eigenvalue weighted by Crippen LogP contribution is 2.21. The molecule has 2 rings (SSSR count). The van der Waals surface area contributed by atoms with Gasteiger partial charge >= 0.3 is 5.97 Å². The Morgan fingerprint density at radius 3 is 2.62 bits per heavy atom. The number of hydrogen-bond donors (Lipinski definition) is 2. The average molecular weight is 216 g/mol. The SMILES string of the molecule is CCc1[nH]c(C(=O)O)nc1-c1ccccc1. The van der Waals surface area contributed by atoms with Gasteiger partial charge in [0.1, 0.15) is 0 Å². The molecule has 0 radical (unpaired) electrons. The molecule has 0 unspecified atom stereocenters. The Hall–Kier alpha value is -2.10. The zero-order valence-electron chi connectivity index (χ0n) is 8.90. The van der Waals surface area contributed by atoms with E-state index in [4.69, 9.17) is 5.11 Å². The lowest BCUT2D eigenvalue weighted by molar-refractivity contribution is 0.0684. The number of H-pyrrole nitrogens is 1. The summed E-state index contributed by atoms with van der Waals surface area (Å²) in [5, 5.41) is 8.87. The van der Waals surface area contributed by atoms with Crippen molar-refractivity contribution in [3.05, 3.63) is 41.9 Å². The molecule has 2 N–H and O–H groups in total. The molecule has 0 spiro atoms. The Morgan fingerprint density at radius 2 is 2.06 bits per heavy atom. The zero-order valence-corrected chi connectivity index (χ0v) is 8.90. The second-order valence-electron chi connectivity index (χ2n) is 3.44. The fraction of sp³-hybridized carbons (Fsp3) is 0.167. The van der Waals surface area contributed by atoms with Gasteiger partial charge in [0.25, 0.3) is 0 Å². The first-order chi connectivity index (χ1) is 7.72. The maximum absolute atomic E-state index is 10.8. The van der Waals surface area contributed by atoms with E-state index in [9.17, 15) is 4.79 Å². The Balaban J connectivity index is 2.52. The van der Waals surface area contributed by atoms with E-state index in [1.54, 1.807) is 0 Å². The number of rotatable bonds is 3. The third-order valence-corrected chi connectivity index (χ3v) is 2.38. The van der Waals surface area contributed by atoms with Crippen molar-refractivity contribution in [1.82, 2.24) is 9.97 Å². The molecule has 1 aromatic heterocycles. The van der Waals surface area contributed by atoms with E-state index in [1.165, 1.54) is 0 Å². The van der Waals surface area contributed by atoms with Gasteiger partial charge in [-0.25, -0.2) is 9.78 Å². The van der Waals surface area contributed by atoms with Crippen molar-refractivity contribution in [1.29, 1.82) is 0 Å². The molecule has 16 heavy (non-hydrogen) atoms. The van der Waals surface area contributed by atoms with Crippen LogP contribution in [-0.4, -0.2) is 21.0 Å². The van der Waals surface area contributed by atoms with Crippen LogP contribution in [0.4, 0.5) is 0 Å². The minimum absolute atomic E-state index is 0.00398. The Bertz CT molecular complexity index is 503. The van der Waals surface area contributed by atoms with Crippen LogP contribution >= 0.6 is 0 Å². The largest absolute Gasteiger partial charge is 0.475 e. The minimum Gasteiger partial charge on any atom is -0.475 e. The highest BCUT2D eigenvalue weighted by molar-refractivity contribution is 5.84. The van der Waals surface area contributed by atoms with Gasteiger partial charge in [-0.2, -0.15) is 0 Å². The number of nitrogens with zero attached hydrogens (tertiary/aromatic N) is 1. The van der Waals surface area contributed by atoms with Gasteiger partial charge in [0.2, 0.25) is 5.82 Å². The number of nitrogens with one attached hydrogen (secondary N) is 1. The van der Waals surface area contributed by atoms with Gasteiger partial charge in [0.15, 0.2) is 0 Å². The van der Waals surface area contributed by atoms with Crippen LogP contribution in [0.25, 0.3) is 11.3 Å². The standard InChI is InChI=1S/C12H12N2O2/c1-2-9-10(8-6-4-3-5-7-8)14-11(13-9)12(15)16/h3-7H,2H2,1H3,(H,13,14)(H,15,16). The minimum atomic E-state index is -1.03. The van der Waals surface area contributed by atoms with Crippen LogP contribution in [-0.2, 0) is 6.42 Å². The second-order valence-corrected chi connectivity index (χ2v) is 3.44. The van der Waals surface area contributed by atoms with E-state index in [0.717, 1.165) is 23.4 Å². The number of benzene rings is 1. The number of aromatic nitrogens is 2. The van der Waals surface area contributed by atoms with E-state index >= 15 is 0 Å². The molecule has 0 amide bonds. The molecule has 0 saturated carbocycles. The Kier molecular flexibility index (Phi) is 2.72. The van der Waals surface area contributed by atoms with Crippen molar-refractivity contribution < 1.29 is 9.90 Å². The lowest BCUT2D eigenvalue weighted by Gasteiger charge is -1.98. The number of imidazole rings is 1. The molecule has 0 saturated heterocycles. The summed E-state index contributed by atoms with van der Waals surface area (Å²) >= 11 is 0. The van der Waals surface area contributed by atoms with Gasteiger partial charge in [-0.3, -0.25) is 0 Å². The molecule has 4 heteroatoms. The van der Waals surface area contributed by atoms with Crippen molar-refractivity contribution in [2.45, 2.75) is 13.3 Å². The molecule has 2 aromatic rings. The summed E-state index contributed by atoms with van der Waals surface area (Å²) < 4.78 is 0. The summed E-state index contributed by atoms with van der Waals surface area (Å²) in [6, 6.07) is 9.57. The van der Waals surface area contributed by atoms with E-state index in [0.29, 0.717) is 0 Å². The number of carboxylic acid groups (broad SMARTS) is 1. The van der Waals surface area contributed by atoms with Crippen molar-refractivity contribution in [2.24, 2.45) is 0 Å². The third kappa shape index (κ3) is 1.82. The summed E-state index contributed by atoms with van der Waals surface area (Å²) in [6.45, 7) is 1.96. The van der Waals surface area contributed by atoms with Gasteiger partial charge in [-0.15, -0.1) is 0 Å². The molecule has 0 aliphatic rings.